The van der Waals surface area contributed by atoms with Gasteiger partial charge in [0.2, 0.25) is 0 Å². The molecule has 0 radical (unpaired) electrons. The molecule has 0 bridgehead atoms. The van der Waals surface area contributed by atoms with E-state index in [2.05, 4.69) is 0 Å². The van der Waals surface area contributed by atoms with Crippen molar-refractivity contribution in [3.8, 4) is 5.75 Å². The highest BCUT2D eigenvalue weighted by Gasteiger charge is 2.62. The number of fused-ring (bicyclic) bond motifs is 1. The number of cyclic esters (lactones) is 1. The van der Waals surface area contributed by atoms with E-state index in [1.165, 1.54) is 4.90 Å². The Labute approximate surface area is 279 Å². The quantitative estimate of drug-likeness (QED) is 0.0944. The van der Waals surface area contributed by atoms with Gasteiger partial charge in [0, 0.05) is 6.42 Å². The molecule has 2 aliphatic heterocycles. The molecule has 0 unspecified atom stereocenters. The van der Waals surface area contributed by atoms with Gasteiger partial charge >= 0.3 is 18.0 Å². The van der Waals surface area contributed by atoms with Crippen LogP contribution in [-0.2, 0) is 36.9 Å². The van der Waals surface area contributed by atoms with Crippen molar-refractivity contribution < 1.29 is 42.8 Å². The highest BCUT2D eigenvalue weighted by atomic mass is 16.6. The number of nitrogens with zero attached hydrogens (tertiary/aromatic N) is 1. The first-order valence-corrected chi connectivity index (χ1v) is 15.8. The van der Waals surface area contributed by atoms with Crippen LogP contribution in [-0.4, -0.2) is 73.7 Å². The van der Waals surface area contributed by atoms with E-state index in [0.717, 1.165) is 16.9 Å². The van der Waals surface area contributed by atoms with Gasteiger partial charge in [-0.05, 0) is 47.5 Å². The maximum absolute atomic E-state index is 13.5. The molecule has 2 saturated heterocycles. The van der Waals surface area contributed by atoms with Crippen molar-refractivity contribution in [2.45, 2.75) is 50.0 Å². The Morgan fingerprint density at radius 1 is 0.688 bits per heavy atom. The largest absolute Gasteiger partial charge is 0.497 e. The zero-order valence-corrected chi connectivity index (χ0v) is 26.5. The van der Waals surface area contributed by atoms with Crippen molar-refractivity contribution in [2.75, 3.05) is 20.3 Å². The smallest absolute Gasteiger partial charge is 0.411 e. The Bertz CT molecular complexity index is 1650. The normalized spacial score (nSPS) is 21.3. The minimum absolute atomic E-state index is 0.00725. The SMILES string of the molecule is COc1ccc(COCC[C@H]2OC(=O)N3[C@H]2[C@@H](OC(=O)c2ccccc2)[C@H](OC(=O)c2ccccc2)[C@H]3COCc2ccccc2)cc1. The predicted molar refractivity (Wildman–Crippen MR) is 174 cm³/mol. The maximum Gasteiger partial charge on any atom is 0.411 e. The van der Waals surface area contributed by atoms with Gasteiger partial charge in [0.25, 0.3) is 0 Å². The summed E-state index contributed by atoms with van der Waals surface area (Å²) >= 11 is 0. The minimum Gasteiger partial charge on any atom is -0.497 e. The molecular weight excluding hydrogens is 614 g/mol. The van der Waals surface area contributed by atoms with Gasteiger partial charge in [0.05, 0.1) is 50.7 Å². The number of methoxy groups -OCH3 is 1. The lowest BCUT2D eigenvalue weighted by Crippen LogP contribution is -2.45. The van der Waals surface area contributed by atoms with Crippen LogP contribution < -0.4 is 4.74 Å². The van der Waals surface area contributed by atoms with E-state index < -0.39 is 48.4 Å². The summed E-state index contributed by atoms with van der Waals surface area (Å²) in [6.45, 7) is 0.880. The van der Waals surface area contributed by atoms with Crippen LogP contribution in [0.5, 0.6) is 5.75 Å². The number of amides is 1. The lowest BCUT2D eigenvalue weighted by atomic mass is 10.0. The molecule has 2 aliphatic rings. The van der Waals surface area contributed by atoms with Gasteiger partial charge in [-0.2, -0.15) is 0 Å². The second kappa shape index (κ2) is 15.6. The molecule has 4 aromatic rings. The van der Waals surface area contributed by atoms with Gasteiger partial charge in [0.1, 0.15) is 17.9 Å². The fraction of sp³-hybridized carbons (Fsp3) is 0.289. The summed E-state index contributed by atoms with van der Waals surface area (Å²) in [6, 6.07) is 32.7. The topological polar surface area (TPSA) is 110 Å². The zero-order valence-electron chi connectivity index (χ0n) is 26.5. The highest BCUT2D eigenvalue weighted by molar-refractivity contribution is 5.90. The van der Waals surface area contributed by atoms with Crippen molar-refractivity contribution in [3.05, 3.63) is 138 Å². The summed E-state index contributed by atoms with van der Waals surface area (Å²) in [4.78, 5) is 42.0. The van der Waals surface area contributed by atoms with E-state index >= 15 is 0 Å². The van der Waals surface area contributed by atoms with E-state index in [1.54, 1.807) is 67.8 Å². The molecule has 1 amide bonds. The first kappa shape index (κ1) is 32.7. The monoisotopic (exact) mass is 651 g/mol. The van der Waals surface area contributed by atoms with E-state index in [0.29, 0.717) is 24.2 Å². The second-order valence-corrected chi connectivity index (χ2v) is 11.5. The van der Waals surface area contributed by atoms with Gasteiger partial charge in [-0.3, -0.25) is 4.90 Å². The number of benzene rings is 4. The summed E-state index contributed by atoms with van der Waals surface area (Å²) in [7, 11) is 1.61. The molecule has 0 aromatic heterocycles. The van der Waals surface area contributed by atoms with Crippen LogP contribution in [0, 0.1) is 0 Å². The molecule has 2 heterocycles. The molecule has 4 aromatic carbocycles. The standard InChI is InChI=1S/C38H37NO9/c1-43-30-19-17-27(18-20-30)23-44-22-21-32-33-35(48-37(41)29-15-9-4-10-16-29)34(47-36(40)28-13-7-3-8-14-28)31(39(33)38(42)46-32)25-45-24-26-11-5-2-6-12-26/h2-20,31-35H,21-25H2,1H3/t31-,32-,33-,34-,35-/m1/s1. The Morgan fingerprint density at radius 2 is 1.23 bits per heavy atom. The zero-order chi connectivity index (χ0) is 33.3. The fourth-order valence-corrected chi connectivity index (χ4v) is 6.06. The summed E-state index contributed by atoms with van der Waals surface area (Å²) in [6.07, 6.45) is -3.08. The lowest BCUT2D eigenvalue weighted by Gasteiger charge is -2.27. The first-order chi connectivity index (χ1) is 23.5. The van der Waals surface area contributed by atoms with Gasteiger partial charge in [-0.25, -0.2) is 14.4 Å². The predicted octanol–water partition coefficient (Wildman–Crippen LogP) is 5.84. The Kier molecular flexibility index (Phi) is 10.6. The first-order valence-electron chi connectivity index (χ1n) is 15.8. The molecule has 248 valence electrons. The van der Waals surface area contributed by atoms with Crippen molar-refractivity contribution in [1.82, 2.24) is 4.90 Å². The number of esters is 2. The summed E-state index contributed by atoms with van der Waals surface area (Å²) < 4.78 is 35.4. The maximum atomic E-state index is 13.5. The Morgan fingerprint density at radius 3 is 1.83 bits per heavy atom. The van der Waals surface area contributed by atoms with Crippen molar-refractivity contribution in [1.29, 1.82) is 0 Å². The number of carbonyl (C=O) groups excluding carboxylic acids is 3. The Balaban J connectivity index is 1.25. The molecule has 48 heavy (non-hydrogen) atoms. The third-order valence-electron chi connectivity index (χ3n) is 8.44. The van der Waals surface area contributed by atoms with Crippen LogP contribution in [0.1, 0.15) is 38.3 Å². The van der Waals surface area contributed by atoms with Gasteiger partial charge in [-0.1, -0.05) is 78.9 Å². The Hall–Kier alpha value is -5.19. The van der Waals surface area contributed by atoms with Crippen molar-refractivity contribution >= 4 is 18.0 Å². The lowest BCUT2D eigenvalue weighted by molar-refractivity contribution is -0.0506. The highest BCUT2D eigenvalue weighted by Crippen LogP contribution is 2.40. The fourth-order valence-electron chi connectivity index (χ4n) is 6.06. The molecule has 0 aliphatic carbocycles. The molecule has 6 rings (SSSR count). The third kappa shape index (κ3) is 7.67. The third-order valence-corrected chi connectivity index (χ3v) is 8.44. The molecule has 0 N–H and O–H groups in total. The van der Waals surface area contributed by atoms with Crippen molar-refractivity contribution in [2.24, 2.45) is 0 Å². The van der Waals surface area contributed by atoms with Crippen molar-refractivity contribution in [3.63, 3.8) is 0 Å². The minimum atomic E-state index is -1.05. The molecule has 2 fully saturated rings. The van der Waals surface area contributed by atoms with Crippen LogP contribution in [0.3, 0.4) is 0 Å². The van der Waals surface area contributed by atoms with Gasteiger partial charge in [-0.15, -0.1) is 0 Å². The van der Waals surface area contributed by atoms with Gasteiger partial charge < -0.3 is 28.4 Å². The van der Waals surface area contributed by atoms with Gasteiger partial charge in [0.15, 0.2) is 12.2 Å². The van der Waals surface area contributed by atoms with E-state index in [1.807, 2.05) is 54.6 Å². The summed E-state index contributed by atoms with van der Waals surface area (Å²) in [5.74, 6) is -0.469. The second-order valence-electron chi connectivity index (χ2n) is 11.5. The summed E-state index contributed by atoms with van der Waals surface area (Å²) in [5.41, 5.74) is 2.55. The van der Waals surface area contributed by atoms with Crippen LogP contribution >= 0.6 is 0 Å². The van der Waals surface area contributed by atoms with E-state index in [4.69, 9.17) is 28.4 Å². The number of rotatable bonds is 14. The van der Waals surface area contributed by atoms with Crippen LogP contribution in [0.25, 0.3) is 0 Å². The number of hydrogen-bond acceptors (Lipinski definition) is 9. The number of carbonyl (C=O) groups is 3. The molecule has 0 saturated carbocycles. The molecule has 10 heteroatoms. The molecule has 10 nitrogen and oxygen atoms in total. The molecule has 0 spiro atoms. The average Bonchev–Trinajstić information content (AvgIpc) is 3.61. The van der Waals surface area contributed by atoms with E-state index in [9.17, 15) is 14.4 Å². The average molecular weight is 652 g/mol. The summed E-state index contributed by atoms with van der Waals surface area (Å²) in [5, 5.41) is 0. The number of ether oxygens (including phenoxy) is 6. The van der Waals surface area contributed by atoms with E-state index in [-0.39, 0.29) is 19.8 Å². The van der Waals surface area contributed by atoms with Crippen LogP contribution in [0.15, 0.2) is 115 Å². The van der Waals surface area contributed by atoms with Crippen LogP contribution in [0.2, 0.25) is 0 Å². The van der Waals surface area contributed by atoms with Crippen LogP contribution in [0.4, 0.5) is 4.79 Å². The molecule has 5 atom stereocenters. The molecular formula is C38H37NO9. The number of hydrogen-bond donors (Lipinski definition) is 0.